The van der Waals surface area contributed by atoms with E-state index in [1.54, 1.807) is 13.2 Å². The van der Waals surface area contributed by atoms with E-state index in [1.807, 2.05) is 18.2 Å². The number of aliphatic carboxylic acids is 1. The van der Waals surface area contributed by atoms with E-state index < -0.39 is 5.97 Å². The largest absolute Gasteiger partial charge is 0.496 e. The number of fused-ring (bicyclic) bond motifs is 3. The third-order valence-electron chi connectivity index (χ3n) is 3.88. The first-order valence-corrected chi connectivity index (χ1v) is 7.61. The first-order valence-electron chi connectivity index (χ1n) is 6.82. The van der Waals surface area contributed by atoms with E-state index >= 15 is 0 Å². The van der Waals surface area contributed by atoms with Crippen LogP contribution in [0, 0.1) is 0 Å². The highest BCUT2D eigenvalue weighted by Gasteiger charge is 2.28. The fourth-order valence-corrected chi connectivity index (χ4v) is 3.48. The summed E-state index contributed by atoms with van der Waals surface area (Å²) < 4.78 is 6.07. The molecule has 0 radical (unpaired) electrons. The summed E-state index contributed by atoms with van der Waals surface area (Å²) in [6, 6.07) is 7.54. The molecule has 0 saturated carbocycles. The Kier molecular flexibility index (Phi) is 3.78. The Labute approximate surface area is 135 Å². The minimum Gasteiger partial charge on any atom is -0.496 e. The van der Waals surface area contributed by atoms with Crippen LogP contribution in [0.3, 0.4) is 0 Å². The monoisotopic (exact) mass is 363 g/mol. The van der Waals surface area contributed by atoms with E-state index in [0.29, 0.717) is 24.3 Å². The molecule has 22 heavy (non-hydrogen) atoms. The van der Waals surface area contributed by atoms with Crippen LogP contribution in [0.2, 0.25) is 0 Å². The molecule has 3 rings (SSSR count). The summed E-state index contributed by atoms with van der Waals surface area (Å²) in [7, 11) is 1.59. The van der Waals surface area contributed by atoms with Gasteiger partial charge in [-0.25, -0.2) is 0 Å². The van der Waals surface area contributed by atoms with E-state index in [4.69, 9.17) is 9.84 Å². The van der Waals surface area contributed by atoms with Gasteiger partial charge in [0.15, 0.2) is 0 Å². The number of ether oxygens (including phenoxy) is 1. The van der Waals surface area contributed by atoms with Crippen molar-refractivity contribution in [1.82, 2.24) is 4.90 Å². The van der Waals surface area contributed by atoms with Crippen LogP contribution in [0.4, 0.5) is 0 Å². The zero-order valence-electron chi connectivity index (χ0n) is 11.9. The minimum absolute atomic E-state index is 0.230. The van der Waals surface area contributed by atoms with Crippen molar-refractivity contribution in [2.75, 3.05) is 20.2 Å². The van der Waals surface area contributed by atoms with Crippen LogP contribution in [0.5, 0.6) is 5.75 Å². The van der Waals surface area contributed by atoms with Crippen LogP contribution >= 0.6 is 15.9 Å². The van der Waals surface area contributed by atoms with Crippen LogP contribution in [0.1, 0.15) is 15.9 Å². The second-order valence-electron chi connectivity index (χ2n) is 5.15. The van der Waals surface area contributed by atoms with Gasteiger partial charge in [0.1, 0.15) is 12.3 Å². The zero-order valence-corrected chi connectivity index (χ0v) is 13.5. The molecule has 1 aliphatic rings. The van der Waals surface area contributed by atoms with E-state index in [9.17, 15) is 9.59 Å². The average Bonchev–Trinajstić information content (AvgIpc) is 2.49. The van der Waals surface area contributed by atoms with E-state index in [-0.39, 0.29) is 12.5 Å². The number of carboxylic acids is 1. The Bertz CT molecular complexity index is 787. The van der Waals surface area contributed by atoms with Crippen molar-refractivity contribution in [3.63, 3.8) is 0 Å². The van der Waals surface area contributed by atoms with Gasteiger partial charge in [-0.15, -0.1) is 0 Å². The molecule has 1 amide bonds. The summed E-state index contributed by atoms with van der Waals surface area (Å²) in [5.74, 6) is -0.538. The summed E-state index contributed by atoms with van der Waals surface area (Å²) in [5, 5.41) is 10.6. The molecule has 0 bridgehead atoms. The van der Waals surface area contributed by atoms with Crippen LogP contribution in [-0.4, -0.2) is 42.1 Å². The number of nitrogens with zero attached hydrogens (tertiary/aromatic N) is 1. The normalized spacial score (nSPS) is 14.1. The minimum atomic E-state index is -1.00. The van der Waals surface area contributed by atoms with Gasteiger partial charge in [0.05, 0.1) is 17.1 Å². The van der Waals surface area contributed by atoms with Crippen molar-refractivity contribution in [2.24, 2.45) is 0 Å². The molecule has 0 fully saturated rings. The Morgan fingerprint density at radius 3 is 2.73 bits per heavy atom. The lowest BCUT2D eigenvalue weighted by Gasteiger charge is -2.28. The maximum atomic E-state index is 12.6. The highest BCUT2D eigenvalue weighted by atomic mass is 79.9. The maximum Gasteiger partial charge on any atom is 0.323 e. The number of carbonyl (C=O) groups excluding carboxylic acids is 1. The summed E-state index contributed by atoms with van der Waals surface area (Å²) >= 11 is 3.50. The van der Waals surface area contributed by atoms with Gasteiger partial charge < -0.3 is 14.7 Å². The number of benzene rings is 2. The molecule has 0 aliphatic carbocycles. The molecule has 2 aromatic carbocycles. The van der Waals surface area contributed by atoms with Gasteiger partial charge in [0.2, 0.25) is 0 Å². The fraction of sp³-hybridized carbons (Fsp3) is 0.250. The molecule has 0 unspecified atom stereocenters. The number of hydrogen-bond acceptors (Lipinski definition) is 3. The summed E-state index contributed by atoms with van der Waals surface area (Å²) in [4.78, 5) is 24.9. The van der Waals surface area contributed by atoms with E-state index in [1.165, 1.54) is 4.90 Å². The number of rotatable bonds is 3. The molecule has 0 saturated heterocycles. The molecular formula is C16H14BrNO4. The number of amides is 1. The topological polar surface area (TPSA) is 66.8 Å². The zero-order chi connectivity index (χ0) is 15.9. The molecule has 5 nitrogen and oxygen atoms in total. The Morgan fingerprint density at radius 1 is 1.32 bits per heavy atom. The number of carboxylic acid groups (broad SMARTS) is 1. The second-order valence-corrected chi connectivity index (χ2v) is 5.94. The lowest BCUT2D eigenvalue weighted by molar-refractivity contribution is -0.137. The molecule has 1 aliphatic heterocycles. The van der Waals surface area contributed by atoms with E-state index in [0.717, 1.165) is 20.8 Å². The predicted octanol–water partition coefficient (Wildman–Crippen LogP) is 2.69. The van der Waals surface area contributed by atoms with Crippen LogP contribution in [-0.2, 0) is 11.2 Å². The molecule has 0 spiro atoms. The standard InChI is InChI=1S/C16H14BrNO4/c1-22-12-5-4-10-11(15(12)17)3-2-9-6-7-18(8-13(19)20)16(21)14(9)10/h2-5H,6-8H2,1H3,(H,19,20). The number of halogens is 1. The second kappa shape index (κ2) is 5.61. The highest BCUT2D eigenvalue weighted by Crippen LogP contribution is 2.37. The Hall–Kier alpha value is -2.08. The van der Waals surface area contributed by atoms with Gasteiger partial charge in [-0.05, 0) is 45.4 Å². The van der Waals surface area contributed by atoms with Gasteiger partial charge >= 0.3 is 5.97 Å². The number of carbonyl (C=O) groups is 2. The van der Waals surface area contributed by atoms with Crippen molar-refractivity contribution in [3.8, 4) is 5.75 Å². The first kappa shape index (κ1) is 14.8. The molecule has 1 N–H and O–H groups in total. The van der Waals surface area contributed by atoms with Gasteiger partial charge in [-0.1, -0.05) is 12.1 Å². The first-order chi connectivity index (χ1) is 10.5. The average molecular weight is 364 g/mol. The molecule has 2 aromatic rings. The smallest absolute Gasteiger partial charge is 0.323 e. The molecule has 1 heterocycles. The van der Waals surface area contributed by atoms with Crippen LogP contribution in [0.15, 0.2) is 28.7 Å². The Morgan fingerprint density at radius 2 is 2.05 bits per heavy atom. The molecule has 0 aromatic heterocycles. The lowest BCUT2D eigenvalue weighted by Crippen LogP contribution is -2.40. The Balaban J connectivity index is 2.17. The molecule has 0 atom stereocenters. The lowest BCUT2D eigenvalue weighted by atomic mass is 9.93. The molecule has 6 heteroatoms. The van der Waals surface area contributed by atoms with Crippen molar-refractivity contribution in [3.05, 3.63) is 39.9 Å². The number of methoxy groups -OCH3 is 1. The fourth-order valence-electron chi connectivity index (χ4n) is 2.84. The maximum absolute atomic E-state index is 12.6. The van der Waals surface area contributed by atoms with Gasteiger partial charge in [-0.3, -0.25) is 9.59 Å². The third-order valence-corrected chi connectivity index (χ3v) is 4.70. The summed E-state index contributed by atoms with van der Waals surface area (Å²) in [5.41, 5.74) is 1.55. The SMILES string of the molecule is COc1ccc2c3c(ccc2c1Br)CCN(CC(=O)O)C3=O. The summed E-state index contributed by atoms with van der Waals surface area (Å²) in [6.07, 6.45) is 0.661. The van der Waals surface area contributed by atoms with Crippen molar-refractivity contribution >= 4 is 38.6 Å². The van der Waals surface area contributed by atoms with Gasteiger partial charge in [0, 0.05) is 11.9 Å². The van der Waals surface area contributed by atoms with Gasteiger partial charge in [-0.2, -0.15) is 0 Å². The predicted molar refractivity (Wildman–Crippen MR) is 85.4 cm³/mol. The van der Waals surface area contributed by atoms with Crippen molar-refractivity contribution in [1.29, 1.82) is 0 Å². The quantitative estimate of drug-likeness (QED) is 0.910. The summed E-state index contributed by atoms with van der Waals surface area (Å²) in [6.45, 7) is 0.160. The van der Waals surface area contributed by atoms with Crippen LogP contribution in [0.25, 0.3) is 10.8 Å². The third kappa shape index (κ3) is 2.33. The highest BCUT2D eigenvalue weighted by molar-refractivity contribution is 9.10. The van der Waals surface area contributed by atoms with Crippen LogP contribution < -0.4 is 4.74 Å². The van der Waals surface area contributed by atoms with Crippen molar-refractivity contribution < 1.29 is 19.4 Å². The molecule has 114 valence electrons. The van der Waals surface area contributed by atoms with E-state index in [2.05, 4.69) is 15.9 Å². The number of hydrogen-bond donors (Lipinski definition) is 1. The van der Waals surface area contributed by atoms with Gasteiger partial charge in [0.25, 0.3) is 5.91 Å². The molecular weight excluding hydrogens is 350 g/mol. The van der Waals surface area contributed by atoms with Crippen molar-refractivity contribution in [2.45, 2.75) is 6.42 Å².